The van der Waals surface area contributed by atoms with Crippen molar-refractivity contribution in [3.05, 3.63) is 109 Å². The lowest BCUT2D eigenvalue weighted by Gasteiger charge is -2.25. The predicted octanol–water partition coefficient (Wildman–Crippen LogP) is 5.72. The first kappa shape index (κ1) is 30.4. The maximum Gasteiger partial charge on any atom is 0.338 e. The molecule has 0 fully saturated rings. The highest BCUT2D eigenvalue weighted by Gasteiger charge is 2.34. The molecule has 226 valence electrons. The molecule has 4 aromatic rings. The van der Waals surface area contributed by atoms with Gasteiger partial charge in [-0.1, -0.05) is 35.6 Å². The number of phenols is 1. The Morgan fingerprint density at radius 3 is 2.52 bits per heavy atom. The van der Waals surface area contributed by atoms with Crippen molar-refractivity contribution < 1.29 is 24.1 Å². The second-order valence-electron chi connectivity index (χ2n) is 10.2. The van der Waals surface area contributed by atoms with E-state index in [1.807, 2.05) is 44.2 Å². The van der Waals surface area contributed by atoms with E-state index in [2.05, 4.69) is 15.2 Å². The number of ether oxygens (including phenoxy) is 3. The van der Waals surface area contributed by atoms with Gasteiger partial charge in [0.2, 0.25) is 0 Å². The first-order chi connectivity index (χ1) is 21.2. The molecule has 1 atom stereocenters. The number of thiazole rings is 1. The van der Waals surface area contributed by atoms with E-state index in [-0.39, 0.29) is 29.6 Å². The monoisotopic (exact) mass is 612 g/mol. The zero-order chi connectivity index (χ0) is 31.4. The van der Waals surface area contributed by atoms with Gasteiger partial charge in [0.1, 0.15) is 5.75 Å². The van der Waals surface area contributed by atoms with E-state index in [9.17, 15) is 14.7 Å². The fraction of sp³-hybridized carbons (Fsp3) is 0.242. The van der Waals surface area contributed by atoms with Crippen molar-refractivity contribution in [2.45, 2.75) is 39.8 Å². The number of phenolic OH excluding ortho intramolecular Hbond substituents is 1. The Balaban J connectivity index is 1.64. The van der Waals surface area contributed by atoms with Crippen molar-refractivity contribution in [2.75, 3.05) is 13.7 Å². The number of fused-ring (bicyclic) bond motifs is 1. The van der Waals surface area contributed by atoms with Crippen LogP contribution in [0.15, 0.2) is 98.0 Å². The van der Waals surface area contributed by atoms with Crippen LogP contribution in [-0.4, -0.2) is 35.5 Å². The molecule has 0 saturated heterocycles. The number of esters is 1. The molecule has 11 heteroatoms. The van der Waals surface area contributed by atoms with Gasteiger partial charge in [0.25, 0.3) is 5.56 Å². The van der Waals surface area contributed by atoms with Crippen LogP contribution in [-0.2, 0) is 9.53 Å². The van der Waals surface area contributed by atoms with Crippen LogP contribution >= 0.6 is 11.3 Å². The van der Waals surface area contributed by atoms with Crippen molar-refractivity contribution in [1.82, 2.24) is 4.57 Å². The summed E-state index contributed by atoms with van der Waals surface area (Å²) in [4.78, 5) is 32.3. The summed E-state index contributed by atoms with van der Waals surface area (Å²) in [7, 11) is 1.53. The minimum absolute atomic E-state index is 0.0279. The molecule has 3 aromatic carbocycles. The average molecular weight is 613 g/mol. The number of carbonyl (C=O) groups excluding carboxylic acids is 1. The van der Waals surface area contributed by atoms with Crippen molar-refractivity contribution in [1.29, 1.82) is 0 Å². The van der Waals surface area contributed by atoms with Gasteiger partial charge in [-0.3, -0.25) is 9.36 Å². The van der Waals surface area contributed by atoms with E-state index in [0.717, 1.165) is 11.3 Å². The maximum atomic E-state index is 14.0. The molecular weight excluding hydrogens is 580 g/mol. The summed E-state index contributed by atoms with van der Waals surface area (Å²) in [6.07, 6.45) is 1.50. The number of nitrogens with zero attached hydrogens (tertiary/aromatic N) is 4. The zero-order valence-corrected chi connectivity index (χ0v) is 25.8. The SMILES string of the molecule is CCOC(=O)C1=C(C)N=c2s/c(=C\c3cc(N=Nc4ccccc4)ccc3O)c(=O)n2[C@@H]1c1ccc(OC(C)C)c(OC)c1. The molecule has 0 saturated carbocycles. The smallest absolute Gasteiger partial charge is 0.338 e. The van der Waals surface area contributed by atoms with Gasteiger partial charge >= 0.3 is 5.97 Å². The van der Waals surface area contributed by atoms with E-state index >= 15 is 0 Å². The van der Waals surface area contributed by atoms with E-state index in [1.165, 1.54) is 17.7 Å². The highest BCUT2D eigenvalue weighted by Crippen LogP contribution is 2.36. The van der Waals surface area contributed by atoms with Crippen molar-refractivity contribution in [2.24, 2.45) is 15.2 Å². The number of aromatic hydroxyl groups is 1. The number of allylic oxidation sites excluding steroid dienone is 1. The van der Waals surface area contributed by atoms with Gasteiger partial charge in [0, 0.05) is 5.56 Å². The van der Waals surface area contributed by atoms with E-state index in [0.29, 0.717) is 49.0 Å². The number of benzene rings is 3. The van der Waals surface area contributed by atoms with Crippen LogP contribution < -0.4 is 24.4 Å². The van der Waals surface area contributed by atoms with Crippen molar-refractivity contribution in [3.63, 3.8) is 0 Å². The highest BCUT2D eigenvalue weighted by atomic mass is 32.1. The van der Waals surface area contributed by atoms with Gasteiger partial charge in [0.05, 0.1) is 53.0 Å². The standard InChI is InChI=1S/C33H32N4O6S/c1-6-42-32(40)29-20(4)34-33-37(30(29)21-12-15-26(43-19(2)3)27(17-21)41-5)31(39)28(44-33)18-22-16-24(13-14-25(22)38)36-35-23-10-8-7-9-11-23/h7-19,30,38H,6H2,1-5H3/b28-18-,36-35?/t30-/m1/s1. The molecule has 44 heavy (non-hydrogen) atoms. The molecule has 0 radical (unpaired) electrons. The van der Waals surface area contributed by atoms with Crippen LogP contribution in [0.25, 0.3) is 6.08 Å². The van der Waals surface area contributed by atoms with Gasteiger partial charge in [0.15, 0.2) is 16.3 Å². The van der Waals surface area contributed by atoms with Gasteiger partial charge in [-0.15, -0.1) is 0 Å². The topological polar surface area (TPSA) is 124 Å². The molecule has 0 aliphatic carbocycles. The highest BCUT2D eigenvalue weighted by molar-refractivity contribution is 7.07. The number of hydrogen-bond donors (Lipinski definition) is 1. The molecule has 1 N–H and O–H groups in total. The predicted molar refractivity (Wildman–Crippen MR) is 168 cm³/mol. The lowest BCUT2D eigenvalue weighted by Crippen LogP contribution is -2.40. The third-order valence-electron chi connectivity index (χ3n) is 6.72. The second-order valence-corrected chi connectivity index (χ2v) is 11.2. The van der Waals surface area contributed by atoms with Crippen LogP contribution in [0.1, 0.15) is 44.9 Å². The maximum absolute atomic E-state index is 14.0. The Bertz CT molecular complexity index is 1940. The molecular formula is C33H32N4O6S. The quantitative estimate of drug-likeness (QED) is 0.191. The number of carbonyl (C=O) groups is 1. The lowest BCUT2D eigenvalue weighted by molar-refractivity contribution is -0.139. The molecule has 0 amide bonds. The van der Waals surface area contributed by atoms with Crippen LogP contribution in [0.2, 0.25) is 0 Å². The fourth-order valence-electron chi connectivity index (χ4n) is 4.78. The summed E-state index contributed by atoms with van der Waals surface area (Å²) >= 11 is 1.15. The van der Waals surface area contributed by atoms with Gasteiger partial charge < -0.3 is 19.3 Å². The van der Waals surface area contributed by atoms with Crippen LogP contribution in [0.5, 0.6) is 17.2 Å². The molecule has 0 bridgehead atoms. The fourth-order valence-corrected chi connectivity index (χ4v) is 5.82. The minimum Gasteiger partial charge on any atom is -0.507 e. The summed E-state index contributed by atoms with van der Waals surface area (Å²) in [6.45, 7) is 7.43. The number of hydrogen-bond acceptors (Lipinski definition) is 10. The molecule has 5 rings (SSSR count). The Morgan fingerprint density at radius 2 is 1.82 bits per heavy atom. The third kappa shape index (κ3) is 6.32. The molecule has 10 nitrogen and oxygen atoms in total. The minimum atomic E-state index is -0.839. The zero-order valence-electron chi connectivity index (χ0n) is 25.0. The average Bonchev–Trinajstić information content (AvgIpc) is 3.31. The molecule has 0 spiro atoms. The number of rotatable bonds is 9. The molecule has 2 heterocycles. The van der Waals surface area contributed by atoms with Crippen molar-refractivity contribution >= 4 is 34.8 Å². The third-order valence-corrected chi connectivity index (χ3v) is 7.70. The first-order valence-electron chi connectivity index (χ1n) is 14.0. The van der Waals surface area contributed by atoms with Gasteiger partial charge in [-0.05, 0) is 81.8 Å². The van der Waals surface area contributed by atoms with Gasteiger partial charge in [-0.2, -0.15) is 10.2 Å². The van der Waals surface area contributed by atoms with E-state index < -0.39 is 12.0 Å². The summed E-state index contributed by atoms with van der Waals surface area (Å²) in [6, 6.07) is 18.5. The molecule has 0 unspecified atom stereocenters. The Hall–Kier alpha value is -5.03. The summed E-state index contributed by atoms with van der Waals surface area (Å²) in [5, 5.41) is 19.1. The number of azo groups is 1. The summed E-state index contributed by atoms with van der Waals surface area (Å²) in [5.74, 6) is 0.406. The van der Waals surface area contributed by atoms with Crippen LogP contribution in [0.3, 0.4) is 0 Å². The normalized spacial score (nSPS) is 15.0. The largest absolute Gasteiger partial charge is 0.507 e. The second kappa shape index (κ2) is 13.1. The lowest BCUT2D eigenvalue weighted by atomic mass is 9.95. The van der Waals surface area contributed by atoms with Gasteiger partial charge in [-0.25, -0.2) is 9.79 Å². The Kier molecular flexibility index (Phi) is 9.05. The molecule has 1 aliphatic heterocycles. The Morgan fingerprint density at radius 1 is 1.07 bits per heavy atom. The van der Waals surface area contributed by atoms with E-state index in [1.54, 1.807) is 50.3 Å². The first-order valence-corrected chi connectivity index (χ1v) is 14.9. The Labute approximate surface area is 257 Å². The summed E-state index contributed by atoms with van der Waals surface area (Å²) in [5.41, 5.74) is 2.49. The van der Waals surface area contributed by atoms with Crippen molar-refractivity contribution in [3.8, 4) is 17.2 Å². The van der Waals surface area contributed by atoms with Crippen LogP contribution in [0, 0.1) is 0 Å². The number of aromatic nitrogens is 1. The summed E-state index contributed by atoms with van der Waals surface area (Å²) < 4.78 is 18.7. The molecule has 1 aromatic heterocycles. The molecule has 1 aliphatic rings. The van der Waals surface area contributed by atoms with Crippen LogP contribution in [0.4, 0.5) is 11.4 Å². The number of methoxy groups -OCH3 is 1. The van der Waals surface area contributed by atoms with E-state index in [4.69, 9.17) is 14.2 Å².